The Morgan fingerprint density at radius 1 is 1.47 bits per heavy atom. The van der Waals surface area contributed by atoms with Crippen molar-refractivity contribution in [2.45, 2.75) is 6.92 Å². The van der Waals surface area contributed by atoms with E-state index in [1.807, 2.05) is 0 Å². The molecule has 5 heteroatoms. The second-order valence-corrected chi connectivity index (χ2v) is 3.57. The number of nitrogens with zero attached hydrogens (tertiary/aromatic N) is 1. The highest BCUT2D eigenvalue weighted by Crippen LogP contribution is 2.31. The van der Waals surface area contributed by atoms with Crippen LogP contribution in [0.1, 0.15) is 5.69 Å². The third-order valence-electron chi connectivity index (χ3n) is 2.08. The highest BCUT2D eigenvalue weighted by molar-refractivity contribution is 6.30. The molecule has 2 N–H and O–H groups in total. The first-order chi connectivity index (χ1) is 7.09. The summed E-state index contributed by atoms with van der Waals surface area (Å²) in [6, 6.07) is 4.17. The van der Waals surface area contributed by atoms with Crippen LogP contribution in [0.3, 0.4) is 0 Å². The van der Waals surface area contributed by atoms with Crippen LogP contribution in [0.2, 0.25) is 5.02 Å². The van der Waals surface area contributed by atoms with E-state index < -0.39 is 5.82 Å². The summed E-state index contributed by atoms with van der Waals surface area (Å²) < 4.78 is 18.4. The van der Waals surface area contributed by atoms with Crippen molar-refractivity contribution in [2.75, 3.05) is 5.73 Å². The van der Waals surface area contributed by atoms with Gasteiger partial charge in [-0.05, 0) is 25.1 Å². The van der Waals surface area contributed by atoms with Crippen molar-refractivity contribution in [3.63, 3.8) is 0 Å². The number of nitrogen functional groups attached to an aromatic ring is 1. The fraction of sp³-hybridized carbons (Fsp3) is 0.100. The quantitative estimate of drug-likeness (QED) is 0.813. The summed E-state index contributed by atoms with van der Waals surface area (Å²) in [4.78, 5) is 0. The van der Waals surface area contributed by atoms with E-state index in [1.54, 1.807) is 6.92 Å². The SMILES string of the molecule is Cc1noc(-c2cc(Cl)ccc2F)c1N. The molecule has 78 valence electrons. The monoisotopic (exact) mass is 226 g/mol. The molecule has 0 atom stereocenters. The fourth-order valence-corrected chi connectivity index (χ4v) is 1.41. The molecular formula is C10H8ClFN2O. The highest BCUT2D eigenvalue weighted by Gasteiger charge is 2.15. The number of hydrogen-bond donors (Lipinski definition) is 1. The van der Waals surface area contributed by atoms with Crippen LogP contribution < -0.4 is 5.73 Å². The average molecular weight is 227 g/mol. The number of halogens is 2. The Morgan fingerprint density at radius 2 is 2.20 bits per heavy atom. The molecule has 0 saturated carbocycles. The first-order valence-electron chi connectivity index (χ1n) is 4.26. The van der Waals surface area contributed by atoms with Gasteiger partial charge in [-0.3, -0.25) is 0 Å². The first kappa shape index (κ1) is 9.98. The molecule has 1 heterocycles. The van der Waals surface area contributed by atoms with Crippen molar-refractivity contribution in [3.8, 4) is 11.3 Å². The van der Waals surface area contributed by atoms with Crippen LogP contribution in [0.25, 0.3) is 11.3 Å². The predicted octanol–water partition coefficient (Wildman–Crippen LogP) is 3.02. The van der Waals surface area contributed by atoms with E-state index in [9.17, 15) is 4.39 Å². The van der Waals surface area contributed by atoms with Gasteiger partial charge in [0.1, 0.15) is 17.2 Å². The second kappa shape index (κ2) is 3.55. The molecule has 2 rings (SSSR count). The zero-order chi connectivity index (χ0) is 11.0. The van der Waals surface area contributed by atoms with Crippen LogP contribution in [0, 0.1) is 12.7 Å². The molecule has 3 nitrogen and oxygen atoms in total. The zero-order valence-corrected chi connectivity index (χ0v) is 8.68. The van der Waals surface area contributed by atoms with E-state index in [0.29, 0.717) is 16.4 Å². The van der Waals surface area contributed by atoms with Gasteiger partial charge in [-0.1, -0.05) is 16.8 Å². The van der Waals surface area contributed by atoms with Crippen LogP contribution >= 0.6 is 11.6 Å². The van der Waals surface area contributed by atoms with Gasteiger partial charge in [0.05, 0.1) is 5.56 Å². The standard InChI is InChI=1S/C10H8ClFN2O/c1-5-9(13)10(15-14-5)7-4-6(11)2-3-8(7)12/h2-4H,13H2,1H3. The molecular weight excluding hydrogens is 219 g/mol. The van der Waals surface area contributed by atoms with Gasteiger partial charge in [0.2, 0.25) is 0 Å². The number of aromatic nitrogens is 1. The number of nitrogens with two attached hydrogens (primary N) is 1. The van der Waals surface area contributed by atoms with Crippen molar-refractivity contribution in [3.05, 3.63) is 34.7 Å². The molecule has 0 aliphatic rings. The van der Waals surface area contributed by atoms with Crippen LogP contribution in [0.15, 0.2) is 22.7 Å². The van der Waals surface area contributed by atoms with Gasteiger partial charge >= 0.3 is 0 Å². The number of rotatable bonds is 1. The van der Waals surface area contributed by atoms with Crippen molar-refractivity contribution >= 4 is 17.3 Å². The van der Waals surface area contributed by atoms with E-state index >= 15 is 0 Å². The smallest absolute Gasteiger partial charge is 0.192 e. The van der Waals surface area contributed by atoms with Gasteiger partial charge in [0.15, 0.2) is 5.76 Å². The summed E-state index contributed by atoms with van der Waals surface area (Å²) in [5.74, 6) is -0.227. The van der Waals surface area contributed by atoms with Crippen LogP contribution in [-0.2, 0) is 0 Å². The van der Waals surface area contributed by atoms with Gasteiger partial charge in [-0.25, -0.2) is 4.39 Å². The summed E-state index contributed by atoms with van der Waals surface area (Å²) in [6.45, 7) is 1.69. The summed E-state index contributed by atoms with van der Waals surface area (Å²) in [5, 5.41) is 4.07. The largest absolute Gasteiger partial charge is 0.394 e. The lowest BCUT2D eigenvalue weighted by Crippen LogP contribution is -1.90. The Labute approximate surface area is 90.6 Å². The third kappa shape index (κ3) is 1.68. The second-order valence-electron chi connectivity index (χ2n) is 3.13. The Morgan fingerprint density at radius 3 is 2.80 bits per heavy atom. The van der Waals surface area contributed by atoms with Gasteiger partial charge in [0.25, 0.3) is 0 Å². The molecule has 15 heavy (non-hydrogen) atoms. The minimum absolute atomic E-state index is 0.215. The summed E-state index contributed by atoms with van der Waals surface area (Å²) in [6.07, 6.45) is 0. The molecule has 0 spiro atoms. The molecule has 0 radical (unpaired) electrons. The van der Waals surface area contributed by atoms with Crippen molar-refractivity contribution in [1.29, 1.82) is 0 Å². The van der Waals surface area contributed by atoms with Gasteiger partial charge in [-0.2, -0.15) is 0 Å². The molecule has 0 unspecified atom stereocenters. The Kier molecular flexibility index (Phi) is 2.36. The molecule has 0 amide bonds. The average Bonchev–Trinajstić information content (AvgIpc) is 2.52. The molecule has 0 aliphatic carbocycles. The number of aryl methyl sites for hydroxylation is 1. The Bertz CT molecular complexity index is 510. The highest BCUT2D eigenvalue weighted by atomic mass is 35.5. The zero-order valence-electron chi connectivity index (χ0n) is 7.92. The van der Waals surface area contributed by atoms with Gasteiger partial charge < -0.3 is 10.3 Å². The predicted molar refractivity (Wildman–Crippen MR) is 56.1 cm³/mol. The number of hydrogen-bond acceptors (Lipinski definition) is 3. The maximum Gasteiger partial charge on any atom is 0.192 e. The topological polar surface area (TPSA) is 52.0 Å². The van der Waals surface area contributed by atoms with Crippen molar-refractivity contribution < 1.29 is 8.91 Å². The molecule has 0 aliphatic heterocycles. The Balaban J connectivity index is 2.63. The van der Waals surface area contributed by atoms with E-state index in [0.717, 1.165) is 0 Å². The first-order valence-corrected chi connectivity index (χ1v) is 4.64. The van der Waals surface area contributed by atoms with E-state index in [-0.39, 0.29) is 11.3 Å². The van der Waals surface area contributed by atoms with Crippen molar-refractivity contribution in [2.24, 2.45) is 0 Å². The normalized spacial score (nSPS) is 10.6. The minimum Gasteiger partial charge on any atom is -0.394 e. The third-order valence-corrected chi connectivity index (χ3v) is 2.32. The van der Waals surface area contributed by atoms with Crippen molar-refractivity contribution in [1.82, 2.24) is 5.16 Å². The van der Waals surface area contributed by atoms with E-state index in [2.05, 4.69) is 5.16 Å². The summed E-state index contributed by atoms with van der Waals surface area (Å²) in [5.41, 5.74) is 6.77. The maximum atomic E-state index is 13.4. The lowest BCUT2D eigenvalue weighted by molar-refractivity contribution is 0.425. The minimum atomic E-state index is -0.442. The van der Waals surface area contributed by atoms with E-state index in [1.165, 1.54) is 18.2 Å². The summed E-state index contributed by atoms with van der Waals surface area (Å²) in [7, 11) is 0. The van der Waals surface area contributed by atoms with E-state index in [4.69, 9.17) is 21.9 Å². The van der Waals surface area contributed by atoms with Gasteiger partial charge in [0, 0.05) is 5.02 Å². The molecule has 2 aromatic rings. The lowest BCUT2D eigenvalue weighted by Gasteiger charge is -2.00. The molecule has 0 bridgehead atoms. The summed E-state index contributed by atoms with van der Waals surface area (Å²) >= 11 is 5.76. The lowest BCUT2D eigenvalue weighted by atomic mass is 10.1. The van der Waals surface area contributed by atoms with Crippen LogP contribution in [0.4, 0.5) is 10.1 Å². The molecule has 0 saturated heterocycles. The van der Waals surface area contributed by atoms with Crippen LogP contribution in [-0.4, -0.2) is 5.16 Å². The fourth-order valence-electron chi connectivity index (χ4n) is 1.24. The number of benzene rings is 1. The maximum absolute atomic E-state index is 13.4. The van der Waals surface area contributed by atoms with Crippen LogP contribution in [0.5, 0.6) is 0 Å². The van der Waals surface area contributed by atoms with Gasteiger partial charge in [-0.15, -0.1) is 0 Å². The molecule has 1 aromatic heterocycles. The molecule has 0 fully saturated rings. The Hall–Kier alpha value is -1.55. The number of anilines is 1. The molecule has 1 aromatic carbocycles.